The summed E-state index contributed by atoms with van der Waals surface area (Å²) >= 11 is 13.6. The van der Waals surface area contributed by atoms with E-state index in [0.717, 1.165) is 16.0 Å². The van der Waals surface area contributed by atoms with Crippen LogP contribution in [0.1, 0.15) is 12.0 Å². The molecule has 0 bridgehead atoms. The van der Waals surface area contributed by atoms with Crippen molar-refractivity contribution in [3.05, 3.63) is 59.9 Å². The number of phenols is 1. The number of hydrogen-bond donors (Lipinski definition) is 1. The number of likely N-dealkylation sites (tertiary alicyclic amines) is 1. The molecule has 2 aliphatic heterocycles. The van der Waals surface area contributed by atoms with Crippen molar-refractivity contribution in [3.63, 3.8) is 0 Å². The number of carbonyl (C=O) groups is 2. The molecule has 3 atom stereocenters. The van der Waals surface area contributed by atoms with E-state index < -0.39 is 27.5 Å². The summed E-state index contributed by atoms with van der Waals surface area (Å²) in [6, 6.07) is 4.81. The molecule has 1 aliphatic carbocycles. The monoisotopic (exact) mass is 405 g/mol. The molecule has 1 aromatic rings. The van der Waals surface area contributed by atoms with E-state index in [2.05, 4.69) is 6.58 Å². The molecule has 1 fully saturated rings. The molecule has 5 nitrogen and oxygen atoms in total. The van der Waals surface area contributed by atoms with Gasteiger partial charge in [-0.2, -0.15) is 0 Å². The van der Waals surface area contributed by atoms with E-state index >= 15 is 0 Å². The molecule has 27 heavy (non-hydrogen) atoms. The summed E-state index contributed by atoms with van der Waals surface area (Å²) < 4.78 is 5.71. The lowest BCUT2D eigenvalue weighted by Gasteiger charge is -2.43. The average molecular weight is 406 g/mol. The van der Waals surface area contributed by atoms with Crippen molar-refractivity contribution in [1.29, 1.82) is 0 Å². The van der Waals surface area contributed by atoms with Crippen molar-refractivity contribution in [2.75, 3.05) is 7.05 Å². The second kappa shape index (κ2) is 5.88. The van der Waals surface area contributed by atoms with Crippen LogP contribution in [0.3, 0.4) is 0 Å². The van der Waals surface area contributed by atoms with Gasteiger partial charge in [-0.05, 0) is 35.8 Å². The highest BCUT2D eigenvalue weighted by atomic mass is 35.5. The molecular formula is C20H17Cl2NO4. The van der Waals surface area contributed by atoms with Crippen LogP contribution in [0.4, 0.5) is 0 Å². The number of rotatable bonds is 2. The van der Waals surface area contributed by atoms with Crippen LogP contribution in [0.15, 0.2) is 54.3 Å². The Kier molecular flexibility index (Phi) is 3.95. The lowest BCUT2D eigenvalue weighted by molar-refractivity contribution is -0.137. The van der Waals surface area contributed by atoms with E-state index in [9.17, 15) is 14.7 Å². The molecule has 7 heteroatoms. The largest absolute Gasteiger partial charge is 0.508 e. The summed E-state index contributed by atoms with van der Waals surface area (Å²) in [4.78, 5) is 23.5. The Morgan fingerprint density at radius 1 is 1.33 bits per heavy atom. The first-order valence-corrected chi connectivity index (χ1v) is 9.20. The highest BCUT2D eigenvalue weighted by Gasteiger charge is 2.72. The lowest BCUT2D eigenvalue weighted by atomic mass is 9.67. The number of fused-ring (bicyclic) bond motifs is 2. The minimum Gasteiger partial charge on any atom is -0.508 e. The first-order valence-electron chi connectivity index (χ1n) is 8.44. The maximum absolute atomic E-state index is 13.0. The summed E-state index contributed by atoms with van der Waals surface area (Å²) in [5, 5.41) is 9.78. The number of halogens is 2. The van der Waals surface area contributed by atoms with Crippen LogP contribution in [0.5, 0.6) is 11.5 Å². The number of hydrogen-bond acceptors (Lipinski definition) is 4. The molecule has 140 valence electrons. The van der Waals surface area contributed by atoms with Crippen LogP contribution in [0.25, 0.3) is 0 Å². The molecule has 3 unspecified atom stereocenters. The van der Waals surface area contributed by atoms with E-state index in [0.29, 0.717) is 17.7 Å². The Morgan fingerprint density at radius 3 is 2.78 bits per heavy atom. The molecule has 0 radical (unpaired) electrons. The van der Waals surface area contributed by atoms with E-state index in [1.165, 1.54) is 13.1 Å². The van der Waals surface area contributed by atoms with Gasteiger partial charge in [-0.15, -0.1) is 23.2 Å². The van der Waals surface area contributed by atoms with Gasteiger partial charge < -0.3 is 9.84 Å². The Hall–Kier alpha value is -2.24. The predicted octanol–water partition coefficient (Wildman–Crippen LogP) is 3.30. The molecule has 1 N–H and O–H groups in total. The number of carbonyl (C=O) groups excluding carboxylic acids is 2. The number of benzene rings is 1. The Labute approximate surface area is 166 Å². The molecule has 4 rings (SSSR count). The van der Waals surface area contributed by atoms with Crippen LogP contribution in [-0.4, -0.2) is 38.6 Å². The van der Waals surface area contributed by atoms with Gasteiger partial charge in [0.15, 0.2) is 9.75 Å². The minimum absolute atomic E-state index is 0.112. The van der Waals surface area contributed by atoms with E-state index in [1.54, 1.807) is 30.5 Å². The number of imide groups is 1. The zero-order chi connectivity index (χ0) is 19.6. The summed E-state index contributed by atoms with van der Waals surface area (Å²) in [5.74, 6) is -1.00. The van der Waals surface area contributed by atoms with Gasteiger partial charge in [0, 0.05) is 24.9 Å². The zero-order valence-corrected chi connectivity index (χ0v) is 16.0. The first-order chi connectivity index (χ1) is 12.7. The predicted molar refractivity (Wildman–Crippen MR) is 102 cm³/mol. The highest BCUT2D eigenvalue weighted by Crippen LogP contribution is 2.58. The summed E-state index contributed by atoms with van der Waals surface area (Å²) in [6.45, 7) is 3.83. The van der Waals surface area contributed by atoms with Gasteiger partial charge in [0.2, 0.25) is 0 Å². The SMILES string of the molecule is C=CC1=CCC2(Cl)C(=O)N(C)C(=O)C2(Cl)C1C1=COc2ccc(O)cc2C1. The van der Waals surface area contributed by atoms with Crippen molar-refractivity contribution in [2.24, 2.45) is 5.92 Å². The number of ether oxygens (including phenoxy) is 1. The molecule has 1 aromatic carbocycles. The van der Waals surface area contributed by atoms with Crippen LogP contribution >= 0.6 is 23.2 Å². The summed E-state index contributed by atoms with van der Waals surface area (Å²) in [7, 11) is 1.39. The molecule has 0 aromatic heterocycles. The molecular weight excluding hydrogens is 389 g/mol. The third-order valence-corrected chi connectivity index (χ3v) is 6.98. The minimum atomic E-state index is -1.68. The van der Waals surface area contributed by atoms with Crippen LogP contribution < -0.4 is 4.74 Å². The lowest BCUT2D eigenvalue weighted by Crippen LogP contribution is -2.56. The molecule has 2 amide bonds. The zero-order valence-electron chi connectivity index (χ0n) is 14.5. The van der Waals surface area contributed by atoms with Crippen LogP contribution in [0.2, 0.25) is 0 Å². The van der Waals surface area contributed by atoms with E-state index in [1.807, 2.05) is 0 Å². The number of phenolic OH excluding ortho intramolecular Hbond substituents is 1. The maximum atomic E-state index is 13.0. The summed E-state index contributed by atoms with van der Waals surface area (Å²) in [5.41, 5.74) is 2.17. The van der Waals surface area contributed by atoms with Crippen molar-refractivity contribution in [2.45, 2.75) is 22.6 Å². The van der Waals surface area contributed by atoms with Crippen molar-refractivity contribution in [3.8, 4) is 11.5 Å². The third-order valence-electron chi connectivity index (χ3n) is 5.57. The van der Waals surface area contributed by atoms with Crippen molar-refractivity contribution >= 4 is 35.0 Å². The van der Waals surface area contributed by atoms with Crippen molar-refractivity contribution in [1.82, 2.24) is 4.90 Å². The first kappa shape index (κ1) is 18.1. The van der Waals surface area contributed by atoms with Gasteiger partial charge in [-0.25, -0.2) is 0 Å². The topological polar surface area (TPSA) is 66.8 Å². The second-order valence-corrected chi connectivity index (χ2v) is 8.25. The normalized spacial score (nSPS) is 32.3. The second-order valence-electron chi connectivity index (χ2n) is 7.01. The van der Waals surface area contributed by atoms with Gasteiger partial charge in [0.25, 0.3) is 11.8 Å². The Morgan fingerprint density at radius 2 is 2.07 bits per heavy atom. The van der Waals surface area contributed by atoms with E-state index in [-0.39, 0.29) is 12.2 Å². The fourth-order valence-electron chi connectivity index (χ4n) is 4.18. The van der Waals surface area contributed by atoms with Gasteiger partial charge in [0.05, 0.1) is 6.26 Å². The quantitative estimate of drug-likeness (QED) is 0.605. The average Bonchev–Trinajstić information content (AvgIpc) is 2.79. The number of nitrogens with zero attached hydrogens (tertiary/aromatic N) is 1. The standard InChI is InChI=1S/C20H17Cl2NO4/c1-3-11-6-7-19(21)17(25)23(2)18(26)20(19,22)16(11)13-8-12-9-14(24)4-5-15(12)27-10-13/h3-6,9-10,16,24H,1,7-8H2,2H3. The maximum Gasteiger partial charge on any atom is 0.253 e. The van der Waals surface area contributed by atoms with Crippen LogP contribution in [-0.2, 0) is 16.0 Å². The van der Waals surface area contributed by atoms with Gasteiger partial charge in [-0.3, -0.25) is 14.5 Å². The van der Waals surface area contributed by atoms with Gasteiger partial charge >= 0.3 is 0 Å². The number of allylic oxidation sites excluding steroid dienone is 4. The Bertz CT molecular complexity index is 953. The smallest absolute Gasteiger partial charge is 0.253 e. The molecule has 3 aliphatic rings. The number of aromatic hydroxyl groups is 1. The van der Waals surface area contributed by atoms with Crippen LogP contribution in [0, 0.1) is 5.92 Å². The van der Waals surface area contributed by atoms with Gasteiger partial charge in [0.1, 0.15) is 11.5 Å². The van der Waals surface area contributed by atoms with Gasteiger partial charge in [-0.1, -0.05) is 18.7 Å². The highest BCUT2D eigenvalue weighted by molar-refractivity contribution is 6.53. The molecule has 0 spiro atoms. The molecule has 0 saturated carbocycles. The fourth-order valence-corrected chi connectivity index (χ4v) is 5.13. The summed E-state index contributed by atoms with van der Waals surface area (Å²) in [6.07, 6.45) is 5.50. The molecule has 2 heterocycles. The Balaban J connectivity index is 1.85. The van der Waals surface area contributed by atoms with Crippen molar-refractivity contribution < 1.29 is 19.4 Å². The third kappa shape index (κ3) is 2.25. The van der Waals surface area contributed by atoms with E-state index in [4.69, 9.17) is 27.9 Å². The fraction of sp³-hybridized carbons (Fsp3) is 0.300. The number of amides is 2. The molecule has 1 saturated heterocycles. The number of alkyl halides is 2.